The van der Waals surface area contributed by atoms with Crippen molar-refractivity contribution in [3.8, 4) is 0 Å². The van der Waals surface area contributed by atoms with Gasteiger partial charge in [-0.3, -0.25) is 9.59 Å². The number of hydrogen-bond acceptors (Lipinski definition) is 4. The Kier molecular flexibility index (Phi) is 4.81. The number of nitrogens with one attached hydrogen (secondary N) is 1. The van der Waals surface area contributed by atoms with E-state index in [1.165, 1.54) is 12.1 Å². The SMILES string of the molecule is O=C1Nc2cc(C(=O)N3CCN(c4ccc(F)cc4)CC3)ccc2N2CCCC[C@H]12. The molecule has 0 radical (unpaired) electrons. The predicted octanol–water partition coefficient (Wildman–Crippen LogP) is 3.10. The molecule has 3 heterocycles. The lowest BCUT2D eigenvalue weighted by Gasteiger charge is -2.41. The summed E-state index contributed by atoms with van der Waals surface area (Å²) in [4.78, 5) is 31.7. The van der Waals surface area contributed by atoms with E-state index in [9.17, 15) is 14.0 Å². The van der Waals surface area contributed by atoms with Gasteiger partial charge in [0.1, 0.15) is 11.9 Å². The van der Waals surface area contributed by atoms with Crippen molar-refractivity contribution in [1.29, 1.82) is 0 Å². The molecule has 7 heteroatoms. The minimum absolute atomic E-state index is 0.0217. The monoisotopic (exact) mass is 408 g/mol. The molecule has 0 unspecified atom stereocenters. The number of rotatable bonds is 2. The van der Waals surface area contributed by atoms with Gasteiger partial charge >= 0.3 is 0 Å². The van der Waals surface area contributed by atoms with Crippen molar-refractivity contribution < 1.29 is 14.0 Å². The topological polar surface area (TPSA) is 55.9 Å². The van der Waals surface area contributed by atoms with Gasteiger partial charge in [0.15, 0.2) is 0 Å². The van der Waals surface area contributed by atoms with Crippen molar-refractivity contribution in [3.05, 3.63) is 53.8 Å². The highest BCUT2D eigenvalue weighted by Crippen LogP contribution is 2.36. The molecular weight excluding hydrogens is 383 g/mol. The average Bonchev–Trinajstić information content (AvgIpc) is 2.79. The summed E-state index contributed by atoms with van der Waals surface area (Å²) in [6.45, 7) is 3.49. The second-order valence-electron chi connectivity index (χ2n) is 8.18. The molecule has 0 aromatic heterocycles. The zero-order chi connectivity index (χ0) is 20.7. The van der Waals surface area contributed by atoms with Gasteiger partial charge in [0.25, 0.3) is 5.91 Å². The van der Waals surface area contributed by atoms with Crippen LogP contribution in [0.3, 0.4) is 0 Å². The maximum absolute atomic E-state index is 13.1. The van der Waals surface area contributed by atoms with Gasteiger partial charge in [-0.1, -0.05) is 0 Å². The first-order chi connectivity index (χ1) is 14.6. The molecule has 0 bridgehead atoms. The van der Waals surface area contributed by atoms with Crippen LogP contribution in [-0.2, 0) is 4.79 Å². The third-order valence-corrected chi connectivity index (χ3v) is 6.37. The summed E-state index contributed by atoms with van der Waals surface area (Å²) in [6.07, 6.45) is 3.04. The minimum Gasteiger partial charge on any atom is -0.368 e. The molecule has 2 saturated heterocycles. The molecule has 2 amide bonds. The van der Waals surface area contributed by atoms with E-state index in [0.717, 1.165) is 42.9 Å². The lowest BCUT2D eigenvalue weighted by molar-refractivity contribution is -0.118. The minimum atomic E-state index is -0.247. The molecule has 2 fully saturated rings. The first kappa shape index (κ1) is 18.9. The summed E-state index contributed by atoms with van der Waals surface area (Å²) >= 11 is 0. The standard InChI is InChI=1S/C23H25FN4O2/c24-17-5-7-18(8-6-17)26-11-13-27(14-12-26)23(30)16-4-9-20-19(15-16)25-22(29)21-3-1-2-10-28(20)21/h4-9,15,21H,1-3,10-14H2,(H,25,29)/t21-/m1/s1. The number of piperidine rings is 1. The fraction of sp³-hybridized carbons (Fsp3) is 0.391. The normalized spacial score (nSPS) is 21.0. The average molecular weight is 408 g/mol. The summed E-state index contributed by atoms with van der Waals surface area (Å²) in [6, 6.07) is 12.0. The lowest BCUT2D eigenvalue weighted by atomic mass is 9.96. The predicted molar refractivity (Wildman–Crippen MR) is 115 cm³/mol. The molecule has 2 aromatic rings. The van der Waals surface area contributed by atoms with Crippen molar-refractivity contribution in [1.82, 2.24) is 4.90 Å². The Morgan fingerprint density at radius 2 is 1.73 bits per heavy atom. The molecule has 1 atom stereocenters. The van der Waals surface area contributed by atoms with Gasteiger partial charge in [0.2, 0.25) is 5.91 Å². The van der Waals surface area contributed by atoms with E-state index in [0.29, 0.717) is 31.7 Å². The van der Waals surface area contributed by atoms with Crippen LogP contribution in [0, 0.1) is 5.82 Å². The quantitative estimate of drug-likeness (QED) is 0.830. The molecule has 1 N–H and O–H groups in total. The molecule has 156 valence electrons. The number of carbonyl (C=O) groups excluding carboxylic acids is 2. The summed E-state index contributed by atoms with van der Waals surface area (Å²) in [5.74, 6) is -0.241. The Balaban J connectivity index is 1.29. The highest BCUT2D eigenvalue weighted by Gasteiger charge is 2.35. The van der Waals surface area contributed by atoms with Crippen LogP contribution in [0.2, 0.25) is 0 Å². The van der Waals surface area contributed by atoms with Gasteiger partial charge in [-0.25, -0.2) is 4.39 Å². The van der Waals surface area contributed by atoms with Crippen LogP contribution in [-0.4, -0.2) is 55.5 Å². The van der Waals surface area contributed by atoms with Crippen LogP contribution in [0.4, 0.5) is 21.5 Å². The van der Waals surface area contributed by atoms with Gasteiger partial charge in [-0.05, 0) is 61.7 Å². The van der Waals surface area contributed by atoms with E-state index in [2.05, 4.69) is 15.1 Å². The molecule has 6 nitrogen and oxygen atoms in total. The van der Waals surface area contributed by atoms with Crippen molar-refractivity contribution >= 4 is 28.9 Å². The molecule has 3 aliphatic rings. The van der Waals surface area contributed by atoms with Crippen LogP contribution in [0.25, 0.3) is 0 Å². The van der Waals surface area contributed by atoms with E-state index in [1.807, 2.05) is 23.1 Å². The number of halogens is 1. The number of amides is 2. The van der Waals surface area contributed by atoms with Gasteiger partial charge in [-0.2, -0.15) is 0 Å². The Hall–Kier alpha value is -3.09. The summed E-state index contributed by atoms with van der Waals surface area (Å²) in [5.41, 5.74) is 3.31. The van der Waals surface area contributed by atoms with Crippen LogP contribution in [0.1, 0.15) is 29.6 Å². The van der Waals surface area contributed by atoms with Gasteiger partial charge < -0.3 is 20.0 Å². The van der Waals surface area contributed by atoms with Crippen LogP contribution < -0.4 is 15.1 Å². The fourth-order valence-corrected chi connectivity index (χ4v) is 4.73. The largest absolute Gasteiger partial charge is 0.368 e. The van der Waals surface area contributed by atoms with Crippen LogP contribution in [0.15, 0.2) is 42.5 Å². The molecule has 5 rings (SSSR count). The summed E-state index contributed by atoms with van der Waals surface area (Å²) in [5, 5.41) is 3.00. The first-order valence-corrected chi connectivity index (χ1v) is 10.6. The smallest absolute Gasteiger partial charge is 0.254 e. The molecular formula is C23H25FN4O2. The Morgan fingerprint density at radius 3 is 2.50 bits per heavy atom. The maximum atomic E-state index is 13.1. The molecule has 0 saturated carbocycles. The van der Waals surface area contributed by atoms with E-state index in [1.54, 1.807) is 12.1 Å². The molecule has 2 aromatic carbocycles. The van der Waals surface area contributed by atoms with E-state index in [4.69, 9.17) is 0 Å². The number of benzene rings is 2. The number of anilines is 3. The molecule has 0 spiro atoms. The zero-order valence-corrected chi connectivity index (χ0v) is 16.8. The third-order valence-electron chi connectivity index (χ3n) is 6.37. The van der Waals surface area contributed by atoms with E-state index >= 15 is 0 Å². The molecule has 3 aliphatic heterocycles. The molecule has 30 heavy (non-hydrogen) atoms. The highest BCUT2D eigenvalue weighted by atomic mass is 19.1. The van der Waals surface area contributed by atoms with Crippen molar-refractivity contribution in [3.63, 3.8) is 0 Å². The zero-order valence-electron chi connectivity index (χ0n) is 16.8. The van der Waals surface area contributed by atoms with Crippen molar-refractivity contribution in [2.45, 2.75) is 25.3 Å². The van der Waals surface area contributed by atoms with Crippen molar-refractivity contribution in [2.75, 3.05) is 47.8 Å². The fourth-order valence-electron chi connectivity index (χ4n) is 4.73. The second-order valence-corrected chi connectivity index (χ2v) is 8.18. The number of nitrogens with zero attached hydrogens (tertiary/aromatic N) is 3. The second kappa shape index (κ2) is 7.63. The number of piperazine rings is 1. The number of carbonyl (C=O) groups is 2. The third kappa shape index (κ3) is 3.38. The van der Waals surface area contributed by atoms with Gasteiger partial charge in [0, 0.05) is 44.0 Å². The van der Waals surface area contributed by atoms with Gasteiger partial charge in [0.05, 0.1) is 11.4 Å². The molecule has 0 aliphatic carbocycles. The number of hydrogen-bond donors (Lipinski definition) is 1. The Morgan fingerprint density at radius 1 is 0.967 bits per heavy atom. The summed E-state index contributed by atoms with van der Waals surface area (Å²) in [7, 11) is 0. The van der Waals surface area contributed by atoms with E-state index in [-0.39, 0.29) is 23.7 Å². The first-order valence-electron chi connectivity index (χ1n) is 10.6. The van der Waals surface area contributed by atoms with Crippen molar-refractivity contribution in [2.24, 2.45) is 0 Å². The van der Waals surface area contributed by atoms with E-state index < -0.39 is 0 Å². The van der Waals surface area contributed by atoms with Crippen LogP contribution in [0.5, 0.6) is 0 Å². The summed E-state index contributed by atoms with van der Waals surface area (Å²) < 4.78 is 13.1. The number of fused-ring (bicyclic) bond motifs is 3. The lowest BCUT2D eigenvalue weighted by Crippen LogP contribution is -2.50. The van der Waals surface area contributed by atoms with Crippen LogP contribution >= 0.6 is 0 Å². The van der Waals surface area contributed by atoms with Gasteiger partial charge in [-0.15, -0.1) is 0 Å². The maximum Gasteiger partial charge on any atom is 0.254 e. The highest BCUT2D eigenvalue weighted by molar-refractivity contribution is 6.05. The Bertz CT molecular complexity index is 970. The Labute approximate surface area is 175 Å².